The monoisotopic (exact) mass is 296 g/mol. The predicted octanol–water partition coefficient (Wildman–Crippen LogP) is 4.69. The summed E-state index contributed by atoms with van der Waals surface area (Å²) in [5.41, 5.74) is 0. The molecule has 1 rings (SSSR count). The number of unbranched alkanes of at least 4 members (excludes halogenated alkanes) is 6. The summed E-state index contributed by atoms with van der Waals surface area (Å²) in [6.45, 7) is 13.3. The van der Waals surface area contributed by atoms with E-state index < -0.39 is 0 Å². The van der Waals surface area contributed by atoms with Gasteiger partial charge in [-0.3, -0.25) is 0 Å². The van der Waals surface area contributed by atoms with Gasteiger partial charge in [-0.15, -0.1) is 0 Å². The van der Waals surface area contributed by atoms with E-state index in [1.807, 2.05) is 0 Å². The van der Waals surface area contributed by atoms with E-state index in [9.17, 15) is 0 Å². The highest BCUT2D eigenvalue weighted by atomic mass is 15.1. The molecule has 1 unspecified atom stereocenters. The van der Waals surface area contributed by atoms with Crippen LogP contribution in [-0.2, 0) is 0 Å². The van der Waals surface area contributed by atoms with Crippen molar-refractivity contribution in [2.45, 2.75) is 78.6 Å². The van der Waals surface area contributed by atoms with Crippen molar-refractivity contribution in [3.63, 3.8) is 0 Å². The Hall–Kier alpha value is -0.0800. The molecule has 1 N–H and O–H groups in total. The zero-order valence-corrected chi connectivity index (χ0v) is 15.0. The van der Waals surface area contributed by atoms with Gasteiger partial charge in [0.05, 0.1) is 0 Å². The molecule has 0 aliphatic carbocycles. The summed E-state index contributed by atoms with van der Waals surface area (Å²) in [5.74, 6) is 1.67. The second-order valence-electron chi connectivity index (χ2n) is 7.48. The van der Waals surface area contributed by atoms with Crippen LogP contribution < -0.4 is 5.32 Å². The van der Waals surface area contributed by atoms with Crippen LogP contribution in [-0.4, -0.2) is 37.6 Å². The van der Waals surface area contributed by atoms with Crippen LogP contribution in [0.15, 0.2) is 0 Å². The Labute approximate surface area is 134 Å². The Balaban J connectivity index is 1.99. The fourth-order valence-electron chi connectivity index (χ4n) is 3.39. The van der Waals surface area contributed by atoms with Gasteiger partial charge in [0.1, 0.15) is 0 Å². The molecule has 1 saturated heterocycles. The van der Waals surface area contributed by atoms with Crippen molar-refractivity contribution in [3.05, 3.63) is 0 Å². The van der Waals surface area contributed by atoms with Crippen LogP contribution in [0.3, 0.4) is 0 Å². The van der Waals surface area contributed by atoms with Crippen molar-refractivity contribution < 1.29 is 0 Å². The van der Waals surface area contributed by atoms with E-state index in [1.54, 1.807) is 0 Å². The summed E-state index contributed by atoms with van der Waals surface area (Å²) in [4.78, 5) is 2.72. The van der Waals surface area contributed by atoms with E-state index in [0.29, 0.717) is 0 Å². The molecule has 1 fully saturated rings. The molecule has 1 heterocycles. The molecule has 0 aromatic carbocycles. The van der Waals surface area contributed by atoms with E-state index in [0.717, 1.165) is 11.8 Å². The van der Waals surface area contributed by atoms with Crippen LogP contribution in [0, 0.1) is 11.8 Å². The molecule has 126 valence electrons. The minimum atomic E-state index is 0.775. The molecule has 0 amide bonds. The lowest BCUT2D eigenvalue weighted by atomic mass is 9.97. The van der Waals surface area contributed by atoms with Crippen molar-refractivity contribution in [1.82, 2.24) is 10.2 Å². The third-order valence-corrected chi connectivity index (χ3v) is 4.67. The molecule has 21 heavy (non-hydrogen) atoms. The molecular weight excluding hydrogens is 256 g/mol. The molecule has 1 atom stereocenters. The number of hydrogen-bond donors (Lipinski definition) is 1. The van der Waals surface area contributed by atoms with Crippen LogP contribution in [0.1, 0.15) is 78.6 Å². The maximum atomic E-state index is 3.64. The first kappa shape index (κ1) is 19.0. The predicted molar refractivity (Wildman–Crippen MR) is 94.9 cm³/mol. The number of hydrogen-bond acceptors (Lipinski definition) is 2. The van der Waals surface area contributed by atoms with E-state index in [4.69, 9.17) is 0 Å². The van der Waals surface area contributed by atoms with Gasteiger partial charge >= 0.3 is 0 Å². The Kier molecular flexibility index (Phi) is 11.3. The third-order valence-electron chi connectivity index (χ3n) is 4.67. The van der Waals surface area contributed by atoms with Gasteiger partial charge in [-0.25, -0.2) is 0 Å². The summed E-state index contributed by atoms with van der Waals surface area (Å²) in [6, 6.07) is 0. The molecule has 2 heteroatoms. The molecule has 2 nitrogen and oxygen atoms in total. The number of rotatable bonds is 12. The van der Waals surface area contributed by atoms with Crippen LogP contribution in [0.25, 0.3) is 0 Å². The quantitative estimate of drug-likeness (QED) is 0.525. The van der Waals surface area contributed by atoms with E-state index in [1.165, 1.54) is 90.5 Å². The van der Waals surface area contributed by atoms with Gasteiger partial charge in [-0.2, -0.15) is 0 Å². The number of likely N-dealkylation sites (tertiary alicyclic amines) is 1. The van der Waals surface area contributed by atoms with Gasteiger partial charge in [0.2, 0.25) is 0 Å². The Bertz CT molecular complexity index is 228. The van der Waals surface area contributed by atoms with Crippen LogP contribution in [0.4, 0.5) is 0 Å². The Morgan fingerprint density at radius 3 is 2.48 bits per heavy atom. The van der Waals surface area contributed by atoms with Crippen molar-refractivity contribution in [2.75, 3.05) is 32.7 Å². The van der Waals surface area contributed by atoms with E-state index in [-0.39, 0.29) is 0 Å². The number of nitrogens with one attached hydrogen (secondary N) is 1. The fourth-order valence-corrected chi connectivity index (χ4v) is 3.39. The zero-order chi connectivity index (χ0) is 15.3. The lowest BCUT2D eigenvalue weighted by molar-refractivity contribution is 0.169. The molecule has 0 aromatic rings. The van der Waals surface area contributed by atoms with Gasteiger partial charge in [-0.1, -0.05) is 59.3 Å². The van der Waals surface area contributed by atoms with Crippen LogP contribution in [0.5, 0.6) is 0 Å². The molecule has 0 bridgehead atoms. The maximum absolute atomic E-state index is 3.64. The summed E-state index contributed by atoms with van der Waals surface area (Å²) in [7, 11) is 0. The third kappa shape index (κ3) is 10.3. The van der Waals surface area contributed by atoms with Gasteiger partial charge < -0.3 is 10.2 Å². The van der Waals surface area contributed by atoms with E-state index in [2.05, 4.69) is 31.0 Å². The molecule has 1 aliphatic heterocycles. The standard InChI is InChI=1S/C19H40N2/c1-4-5-6-7-8-9-10-13-21-14-11-12-19(17-21)16-20-15-18(2)3/h18-20H,4-17H2,1-3H3. The summed E-state index contributed by atoms with van der Waals surface area (Å²) in [5, 5.41) is 3.64. The number of piperidine rings is 1. The zero-order valence-electron chi connectivity index (χ0n) is 15.0. The van der Waals surface area contributed by atoms with Gasteiger partial charge in [0, 0.05) is 6.54 Å². The fraction of sp³-hybridized carbons (Fsp3) is 1.00. The smallest absolute Gasteiger partial charge is 0.00218 e. The first-order valence-corrected chi connectivity index (χ1v) is 9.65. The van der Waals surface area contributed by atoms with Crippen molar-refractivity contribution >= 4 is 0 Å². The van der Waals surface area contributed by atoms with Crippen molar-refractivity contribution in [3.8, 4) is 0 Å². The van der Waals surface area contributed by atoms with Crippen LogP contribution in [0.2, 0.25) is 0 Å². The summed E-state index contributed by atoms with van der Waals surface area (Å²) < 4.78 is 0. The van der Waals surface area contributed by atoms with Crippen molar-refractivity contribution in [1.29, 1.82) is 0 Å². The van der Waals surface area contributed by atoms with Gasteiger partial charge in [-0.05, 0) is 57.3 Å². The molecule has 0 aromatic heterocycles. The van der Waals surface area contributed by atoms with Gasteiger partial charge in [0.25, 0.3) is 0 Å². The normalized spacial score (nSPS) is 20.3. The lowest BCUT2D eigenvalue weighted by Crippen LogP contribution is -2.40. The Morgan fingerprint density at radius 2 is 1.76 bits per heavy atom. The minimum absolute atomic E-state index is 0.775. The average molecular weight is 297 g/mol. The highest BCUT2D eigenvalue weighted by molar-refractivity contribution is 4.74. The molecule has 0 saturated carbocycles. The molecule has 0 spiro atoms. The number of nitrogens with zero attached hydrogens (tertiary/aromatic N) is 1. The first-order valence-electron chi connectivity index (χ1n) is 9.65. The van der Waals surface area contributed by atoms with Crippen LogP contribution >= 0.6 is 0 Å². The topological polar surface area (TPSA) is 15.3 Å². The van der Waals surface area contributed by atoms with E-state index >= 15 is 0 Å². The SMILES string of the molecule is CCCCCCCCCN1CCCC(CNCC(C)C)C1. The van der Waals surface area contributed by atoms with Gasteiger partial charge in [0.15, 0.2) is 0 Å². The molecule has 1 aliphatic rings. The largest absolute Gasteiger partial charge is 0.316 e. The second-order valence-corrected chi connectivity index (χ2v) is 7.48. The lowest BCUT2D eigenvalue weighted by Gasteiger charge is -2.33. The molecule has 0 radical (unpaired) electrons. The highest BCUT2D eigenvalue weighted by Gasteiger charge is 2.18. The maximum Gasteiger partial charge on any atom is 0.00218 e. The van der Waals surface area contributed by atoms with Crippen molar-refractivity contribution in [2.24, 2.45) is 11.8 Å². The Morgan fingerprint density at radius 1 is 1.05 bits per heavy atom. The average Bonchev–Trinajstić information content (AvgIpc) is 2.46. The molecular formula is C19H40N2. The summed E-state index contributed by atoms with van der Waals surface area (Å²) in [6.07, 6.45) is 12.8. The highest BCUT2D eigenvalue weighted by Crippen LogP contribution is 2.17. The first-order chi connectivity index (χ1) is 10.2. The summed E-state index contributed by atoms with van der Waals surface area (Å²) >= 11 is 0. The minimum Gasteiger partial charge on any atom is -0.316 e. The second kappa shape index (κ2) is 12.5.